The van der Waals surface area contributed by atoms with Crippen LogP contribution >= 0.6 is 23.2 Å². The van der Waals surface area contributed by atoms with Gasteiger partial charge in [0.2, 0.25) is 0 Å². The van der Waals surface area contributed by atoms with Crippen LogP contribution in [0.1, 0.15) is 40.9 Å². The topological polar surface area (TPSA) is 68.5 Å². The standard InChI is InChI=1S/C31H28Cl2FN3O2/c1-19(28-25(32)11-12-26(34)29(28)33)39-27-16-24(17-36-30(27)35)22-7-9-23(10-8-22)31(38)37-14-13-21(18-37)15-20-5-3-2-4-6-20/h2-12,16-17,19,21H,13-15,18H2,1H3,(H2,35,36)/t19?,21-/m1/s1. The van der Waals surface area contributed by atoms with Gasteiger partial charge in [-0.25, -0.2) is 9.37 Å². The van der Waals surface area contributed by atoms with Gasteiger partial charge in [0.1, 0.15) is 11.9 Å². The second-order valence-electron chi connectivity index (χ2n) is 9.80. The van der Waals surface area contributed by atoms with Gasteiger partial charge in [-0.15, -0.1) is 0 Å². The van der Waals surface area contributed by atoms with E-state index in [1.807, 2.05) is 35.2 Å². The van der Waals surface area contributed by atoms with E-state index in [-0.39, 0.29) is 16.7 Å². The molecule has 0 saturated carbocycles. The molecule has 5 rings (SSSR count). The van der Waals surface area contributed by atoms with Crippen LogP contribution in [0.2, 0.25) is 10.0 Å². The predicted octanol–water partition coefficient (Wildman–Crippen LogP) is 7.62. The Balaban J connectivity index is 1.27. The average Bonchev–Trinajstić information content (AvgIpc) is 3.41. The zero-order valence-electron chi connectivity index (χ0n) is 21.4. The summed E-state index contributed by atoms with van der Waals surface area (Å²) in [5.74, 6) is 0.420. The molecule has 39 heavy (non-hydrogen) atoms. The molecule has 1 saturated heterocycles. The summed E-state index contributed by atoms with van der Waals surface area (Å²) in [5, 5.41) is 0.198. The van der Waals surface area contributed by atoms with Crippen LogP contribution in [0.25, 0.3) is 11.1 Å². The minimum Gasteiger partial charge on any atom is -0.482 e. The van der Waals surface area contributed by atoms with Crippen molar-refractivity contribution in [3.63, 3.8) is 0 Å². The molecule has 200 valence electrons. The van der Waals surface area contributed by atoms with Gasteiger partial charge in [0.15, 0.2) is 11.6 Å². The number of pyridine rings is 1. The van der Waals surface area contributed by atoms with Crippen LogP contribution in [0.5, 0.6) is 5.75 Å². The van der Waals surface area contributed by atoms with E-state index in [0.717, 1.165) is 37.1 Å². The summed E-state index contributed by atoms with van der Waals surface area (Å²) in [5.41, 5.74) is 9.95. The van der Waals surface area contributed by atoms with Crippen LogP contribution in [0.4, 0.5) is 10.2 Å². The number of benzene rings is 3. The number of nitrogens with zero attached hydrogens (tertiary/aromatic N) is 2. The molecule has 1 aliphatic heterocycles. The number of hydrogen-bond acceptors (Lipinski definition) is 4. The molecule has 0 spiro atoms. The molecule has 8 heteroatoms. The van der Waals surface area contributed by atoms with Crippen LogP contribution in [0, 0.1) is 11.7 Å². The second kappa shape index (κ2) is 11.6. The number of aromatic nitrogens is 1. The van der Waals surface area contributed by atoms with Gasteiger partial charge in [-0.2, -0.15) is 0 Å². The summed E-state index contributed by atoms with van der Waals surface area (Å²) in [6.07, 6.45) is 2.95. The Labute approximate surface area is 237 Å². The van der Waals surface area contributed by atoms with Crippen molar-refractivity contribution >= 4 is 34.9 Å². The average molecular weight is 564 g/mol. The summed E-state index contributed by atoms with van der Waals surface area (Å²) in [6, 6.07) is 22.2. The number of rotatable bonds is 7. The first-order valence-electron chi connectivity index (χ1n) is 12.8. The largest absolute Gasteiger partial charge is 0.482 e. The van der Waals surface area contributed by atoms with Crippen LogP contribution in [0.15, 0.2) is 79.0 Å². The molecule has 3 aromatic carbocycles. The van der Waals surface area contributed by atoms with E-state index in [4.69, 9.17) is 33.7 Å². The van der Waals surface area contributed by atoms with Crippen molar-refractivity contribution in [2.45, 2.75) is 25.9 Å². The predicted molar refractivity (Wildman–Crippen MR) is 154 cm³/mol. The highest BCUT2D eigenvalue weighted by molar-refractivity contribution is 6.36. The van der Waals surface area contributed by atoms with Crippen molar-refractivity contribution in [1.29, 1.82) is 0 Å². The number of halogens is 3. The molecule has 2 atom stereocenters. The van der Waals surface area contributed by atoms with Crippen LogP contribution in [-0.2, 0) is 6.42 Å². The monoisotopic (exact) mass is 563 g/mol. The molecule has 1 amide bonds. The zero-order chi connectivity index (χ0) is 27.5. The Morgan fingerprint density at radius 1 is 1.10 bits per heavy atom. The van der Waals surface area contributed by atoms with Crippen LogP contribution < -0.4 is 10.5 Å². The van der Waals surface area contributed by atoms with Gasteiger partial charge in [-0.05, 0) is 67.1 Å². The lowest BCUT2D eigenvalue weighted by Crippen LogP contribution is -2.28. The minimum atomic E-state index is -0.675. The summed E-state index contributed by atoms with van der Waals surface area (Å²) in [6.45, 7) is 3.23. The van der Waals surface area contributed by atoms with Gasteiger partial charge in [-0.3, -0.25) is 4.79 Å². The molecule has 2 N–H and O–H groups in total. The molecule has 0 aliphatic carbocycles. The fraction of sp³-hybridized carbons (Fsp3) is 0.226. The first-order chi connectivity index (χ1) is 18.8. The van der Waals surface area contributed by atoms with E-state index >= 15 is 0 Å². The third-order valence-electron chi connectivity index (χ3n) is 7.08. The van der Waals surface area contributed by atoms with E-state index in [1.165, 1.54) is 17.7 Å². The van der Waals surface area contributed by atoms with E-state index in [2.05, 4.69) is 29.2 Å². The summed E-state index contributed by atoms with van der Waals surface area (Å²) < 4.78 is 20.0. The minimum absolute atomic E-state index is 0.0363. The maximum atomic E-state index is 14.0. The molecule has 1 aliphatic rings. The number of nitrogens with two attached hydrogens (primary N) is 1. The van der Waals surface area contributed by atoms with Crippen molar-refractivity contribution in [3.8, 4) is 16.9 Å². The smallest absolute Gasteiger partial charge is 0.253 e. The number of carbonyl (C=O) groups excluding carboxylic acids is 1. The third-order valence-corrected chi connectivity index (χ3v) is 7.79. The molecular weight excluding hydrogens is 536 g/mol. The fourth-order valence-corrected chi connectivity index (χ4v) is 5.67. The molecule has 0 bridgehead atoms. The highest BCUT2D eigenvalue weighted by atomic mass is 35.5. The number of amides is 1. The van der Waals surface area contributed by atoms with Gasteiger partial charge in [0.25, 0.3) is 5.91 Å². The van der Waals surface area contributed by atoms with Gasteiger partial charge in [-0.1, -0.05) is 65.7 Å². The molecule has 1 unspecified atom stereocenters. The van der Waals surface area contributed by atoms with Gasteiger partial charge in [0, 0.05) is 41.0 Å². The van der Waals surface area contributed by atoms with Crippen LogP contribution in [0.3, 0.4) is 0 Å². The molecular formula is C31H28Cl2FN3O2. The lowest BCUT2D eigenvalue weighted by atomic mass is 9.99. The number of likely N-dealkylation sites (tertiary alicyclic amines) is 1. The number of nitrogen functional groups attached to an aromatic ring is 1. The summed E-state index contributed by atoms with van der Waals surface area (Å²) in [7, 11) is 0. The Hall–Kier alpha value is -3.61. The maximum absolute atomic E-state index is 14.0. The highest BCUT2D eigenvalue weighted by Gasteiger charge is 2.27. The fourth-order valence-electron chi connectivity index (χ4n) is 4.99. The van der Waals surface area contributed by atoms with Crippen LogP contribution in [-0.4, -0.2) is 28.9 Å². The van der Waals surface area contributed by atoms with E-state index in [0.29, 0.717) is 27.8 Å². The first-order valence-corrected chi connectivity index (χ1v) is 13.5. The maximum Gasteiger partial charge on any atom is 0.253 e. The first kappa shape index (κ1) is 27.0. The molecule has 1 aromatic heterocycles. The van der Waals surface area contributed by atoms with Crippen molar-refractivity contribution in [1.82, 2.24) is 9.88 Å². The Morgan fingerprint density at radius 3 is 2.59 bits per heavy atom. The van der Waals surface area contributed by atoms with Crippen molar-refractivity contribution < 1.29 is 13.9 Å². The van der Waals surface area contributed by atoms with Gasteiger partial charge < -0.3 is 15.4 Å². The Kier molecular flexibility index (Phi) is 8.05. The lowest BCUT2D eigenvalue weighted by molar-refractivity contribution is 0.0787. The van der Waals surface area contributed by atoms with E-state index in [1.54, 1.807) is 19.2 Å². The quantitative estimate of drug-likeness (QED) is 0.235. The van der Waals surface area contributed by atoms with Gasteiger partial charge in [0.05, 0.1) is 5.02 Å². The summed E-state index contributed by atoms with van der Waals surface area (Å²) in [4.78, 5) is 19.4. The molecule has 0 radical (unpaired) electrons. The number of carbonyl (C=O) groups is 1. The lowest BCUT2D eigenvalue weighted by Gasteiger charge is -2.19. The Bertz CT molecular complexity index is 1480. The van der Waals surface area contributed by atoms with Crippen molar-refractivity contribution in [2.24, 2.45) is 5.92 Å². The normalized spacial score (nSPS) is 15.8. The Morgan fingerprint density at radius 2 is 1.85 bits per heavy atom. The number of anilines is 1. The second-order valence-corrected chi connectivity index (χ2v) is 10.6. The van der Waals surface area contributed by atoms with Crippen molar-refractivity contribution in [2.75, 3.05) is 18.8 Å². The van der Waals surface area contributed by atoms with E-state index in [9.17, 15) is 9.18 Å². The summed E-state index contributed by atoms with van der Waals surface area (Å²) >= 11 is 12.4. The zero-order valence-corrected chi connectivity index (χ0v) is 22.9. The number of hydrogen-bond donors (Lipinski definition) is 1. The van der Waals surface area contributed by atoms with Crippen molar-refractivity contribution in [3.05, 3.63) is 112 Å². The number of ether oxygens (including phenoxy) is 1. The molecule has 5 nitrogen and oxygen atoms in total. The van der Waals surface area contributed by atoms with E-state index < -0.39 is 11.9 Å². The third kappa shape index (κ3) is 6.02. The molecule has 2 heterocycles. The van der Waals surface area contributed by atoms with Gasteiger partial charge >= 0.3 is 0 Å². The molecule has 4 aromatic rings. The SMILES string of the molecule is CC(Oc1cc(-c2ccc(C(=O)N3CC[C@H](Cc4ccccc4)C3)cc2)cnc1N)c1c(Cl)ccc(F)c1Cl. The highest BCUT2D eigenvalue weighted by Crippen LogP contribution is 2.37. The molecule has 1 fully saturated rings.